The highest BCUT2D eigenvalue weighted by molar-refractivity contribution is 6.04. The number of methoxy groups -OCH3 is 2. The molecule has 0 aliphatic heterocycles. The average molecular weight is 378 g/mol. The summed E-state index contributed by atoms with van der Waals surface area (Å²) < 4.78 is 10.4. The Morgan fingerprint density at radius 2 is 1.64 bits per heavy atom. The molecule has 0 spiro atoms. The Bertz CT molecular complexity index is 987. The van der Waals surface area contributed by atoms with Crippen LogP contribution in [0.4, 0.5) is 17.3 Å². The minimum atomic E-state index is -0.314. The molecule has 3 aromatic rings. The summed E-state index contributed by atoms with van der Waals surface area (Å²) in [5, 5.41) is 5.97. The fourth-order valence-corrected chi connectivity index (χ4v) is 2.62. The number of anilines is 3. The van der Waals surface area contributed by atoms with E-state index in [4.69, 9.17) is 9.47 Å². The Kier molecular flexibility index (Phi) is 5.74. The Balaban J connectivity index is 1.71. The third-order valence-corrected chi connectivity index (χ3v) is 4.19. The largest absolute Gasteiger partial charge is 0.493 e. The highest BCUT2D eigenvalue weighted by Crippen LogP contribution is 2.30. The molecule has 144 valence electrons. The molecule has 1 aromatic heterocycles. The molecule has 0 fully saturated rings. The molecule has 0 saturated heterocycles. The maximum atomic E-state index is 12.5. The van der Waals surface area contributed by atoms with Crippen LogP contribution >= 0.6 is 0 Å². The Labute approximate surface area is 163 Å². The van der Waals surface area contributed by atoms with Crippen LogP contribution in [0.2, 0.25) is 0 Å². The van der Waals surface area contributed by atoms with Gasteiger partial charge in [-0.25, -0.2) is 9.97 Å². The number of carbonyl (C=O) groups is 1. The van der Waals surface area contributed by atoms with Gasteiger partial charge in [-0.3, -0.25) is 4.79 Å². The second-order valence-corrected chi connectivity index (χ2v) is 6.26. The third kappa shape index (κ3) is 4.37. The van der Waals surface area contributed by atoms with Crippen molar-refractivity contribution < 1.29 is 14.3 Å². The number of aryl methyl sites for hydroxylation is 2. The van der Waals surface area contributed by atoms with Crippen molar-refractivity contribution in [2.75, 3.05) is 24.9 Å². The van der Waals surface area contributed by atoms with Gasteiger partial charge >= 0.3 is 0 Å². The van der Waals surface area contributed by atoms with Gasteiger partial charge in [0.1, 0.15) is 0 Å². The van der Waals surface area contributed by atoms with Gasteiger partial charge < -0.3 is 20.1 Å². The van der Waals surface area contributed by atoms with Crippen molar-refractivity contribution >= 4 is 23.2 Å². The van der Waals surface area contributed by atoms with Gasteiger partial charge in [0.2, 0.25) is 5.95 Å². The molecule has 0 aliphatic carbocycles. The SMILES string of the molecule is COc1ccc(NC(=O)c2cnc(Nc3cc(C)ccc3C)nc2)cc1OC. The van der Waals surface area contributed by atoms with Crippen LogP contribution in [-0.4, -0.2) is 30.1 Å². The molecule has 1 amide bonds. The minimum absolute atomic E-state index is 0.314. The summed E-state index contributed by atoms with van der Waals surface area (Å²) in [6.45, 7) is 4.03. The summed E-state index contributed by atoms with van der Waals surface area (Å²) in [4.78, 5) is 20.9. The van der Waals surface area contributed by atoms with E-state index in [9.17, 15) is 4.79 Å². The van der Waals surface area contributed by atoms with Gasteiger partial charge in [0.25, 0.3) is 5.91 Å². The van der Waals surface area contributed by atoms with E-state index in [1.807, 2.05) is 32.0 Å². The molecule has 0 saturated carbocycles. The number of nitrogens with one attached hydrogen (secondary N) is 2. The quantitative estimate of drug-likeness (QED) is 0.671. The number of benzene rings is 2. The molecule has 1 heterocycles. The average Bonchev–Trinajstić information content (AvgIpc) is 2.71. The van der Waals surface area contributed by atoms with Gasteiger partial charge in [0.15, 0.2) is 11.5 Å². The van der Waals surface area contributed by atoms with Crippen LogP contribution in [0.3, 0.4) is 0 Å². The first-order valence-corrected chi connectivity index (χ1v) is 8.70. The molecule has 3 rings (SSSR count). The molecular weight excluding hydrogens is 356 g/mol. The molecule has 2 aromatic carbocycles. The van der Waals surface area contributed by atoms with Crippen LogP contribution < -0.4 is 20.1 Å². The van der Waals surface area contributed by atoms with Gasteiger partial charge in [-0.2, -0.15) is 0 Å². The van der Waals surface area contributed by atoms with Gasteiger partial charge in [-0.05, 0) is 43.2 Å². The van der Waals surface area contributed by atoms with Crippen LogP contribution in [0.1, 0.15) is 21.5 Å². The molecule has 0 radical (unpaired) electrons. The molecule has 2 N–H and O–H groups in total. The molecule has 0 atom stereocenters. The van der Waals surface area contributed by atoms with Crippen molar-refractivity contribution in [2.45, 2.75) is 13.8 Å². The van der Waals surface area contributed by atoms with E-state index in [2.05, 4.69) is 20.6 Å². The first-order chi connectivity index (χ1) is 13.5. The Morgan fingerprint density at radius 3 is 2.32 bits per heavy atom. The van der Waals surface area contributed by atoms with E-state index in [1.54, 1.807) is 32.4 Å². The summed E-state index contributed by atoms with van der Waals surface area (Å²) >= 11 is 0. The normalized spacial score (nSPS) is 10.3. The van der Waals surface area contributed by atoms with E-state index in [0.717, 1.165) is 16.8 Å². The van der Waals surface area contributed by atoms with Crippen molar-refractivity contribution in [3.8, 4) is 11.5 Å². The van der Waals surface area contributed by atoms with E-state index >= 15 is 0 Å². The molecule has 0 aliphatic rings. The lowest BCUT2D eigenvalue weighted by molar-refractivity contribution is 0.102. The van der Waals surface area contributed by atoms with Gasteiger partial charge in [0.05, 0.1) is 19.8 Å². The number of carbonyl (C=O) groups excluding carboxylic acids is 1. The van der Waals surface area contributed by atoms with Crippen LogP contribution in [0.5, 0.6) is 11.5 Å². The highest BCUT2D eigenvalue weighted by atomic mass is 16.5. The predicted molar refractivity (Wildman–Crippen MR) is 109 cm³/mol. The molecule has 7 heteroatoms. The van der Waals surface area contributed by atoms with Gasteiger partial charge in [-0.1, -0.05) is 12.1 Å². The minimum Gasteiger partial charge on any atom is -0.493 e. The summed E-state index contributed by atoms with van der Waals surface area (Å²) in [7, 11) is 3.10. The summed E-state index contributed by atoms with van der Waals surface area (Å²) in [5.74, 6) is 1.23. The molecule has 7 nitrogen and oxygen atoms in total. The standard InChI is InChI=1S/C21H22N4O3/c1-13-5-6-14(2)17(9-13)25-21-22-11-15(12-23-21)20(26)24-16-7-8-18(27-3)19(10-16)28-4/h5-12H,1-4H3,(H,24,26)(H,22,23,25). The number of ether oxygens (including phenoxy) is 2. The maximum absolute atomic E-state index is 12.5. The van der Waals surface area contributed by atoms with E-state index in [-0.39, 0.29) is 5.91 Å². The zero-order valence-corrected chi connectivity index (χ0v) is 16.2. The molecule has 0 unspecified atom stereocenters. The Morgan fingerprint density at radius 1 is 0.929 bits per heavy atom. The lowest BCUT2D eigenvalue weighted by Crippen LogP contribution is -2.13. The lowest BCUT2D eigenvalue weighted by atomic mass is 10.1. The second kappa shape index (κ2) is 8.39. The van der Waals surface area contributed by atoms with Gasteiger partial charge in [0, 0.05) is 29.8 Å². The van der Waals surface area contributed by atoms with Crippen molar-refractivity contribution in [2.24, 2.45) is 0 Å². The highest BCUT2D eigenvalue weighted by Gasteiger charge is 2.11. The summed E-state index contributed by atoms with van der Waals surface area (Å²) in [6, 6.07) is 11.2. The van der Waals surface area contributed by atoms with Crippen molar-refractivity contribution in [1.82, 2.24) is 9.97 Å². The third-order valence-electron chi connectivity index (χ3n) is 4.19. The van der Waals surface area contributed by atoms with Crippen molar-refractivity contribution in [3.05, 3.63) is 65.5 Å². The van der Waals surface area contributed by atoms with Crippen LogP contribution in [-0.2, 0) is 0 Å². The first-order valence-electron chi connectivity index (χ1n) is 8.70. The molecular formula is C21H22N4O3. The number of amides is 1. The number of hydrogen-bond acceptors (Lipinski definition) is 6. The first kappa shape index (κ1) is 19.2. The number of aromatic nitrogens is 2. The van der Waals surface area contributed by atoms with Crippen molar-refractivity contribution in [1.29, 1.82) is 0 Å². The van der Waals surface area contributed by atoms with Crippen LogP contribution in [0.15, 0.2) is 48.8 Å². The zero-order valence-electron chi connectivity index (χ0n) is 16.2. The monoisotopic (exact) mass is 378 g/mol. The van der Waals surface area contributed by atoms with E-state index < -0.39 is 0 Å². The van der Waals surface area contributed by atoms with E-state index in [0.29, 0.717) is 28.7 Å². The van der Waals surface area contributed by atoms with Crippen molar-refractivity contribution in [3.63, 3.8) is 0 Å². The number of rotatable bonds is 6. The van der Waals surface area contributed by atoms with E-state index in [1.165, 1.54) is 12.4 Å². The Hall–Kier alpha value is -3.61. The smallest absolute Gasteiger partial charge is 0.258 e. The van der Waals surface area contributed by atoms with Crippen LogP contribution in [0.25, 0.3) is 0 Å². The number of nitrogens with zero attached hydrogens (tertiary/aromatic N) is 2. The summed E-state index contributed by atoms with van der Waals surface area (Å²) in [6.07, 6.45) is 2.97. The fraction of sp³-hybridized carbons (Fsp3) is 0.190. The summed E-state index contributed by atoms with van der Waals surface area (Å²) in [5.41, 5.74) is 4.09. The number of hydrogen-bond donors (Lipinski definition) is 2. The topological polar surface area (TPSA) is 85.4 Å². The maximum Gasteiger partial charge on any atom is 0.258 e. The molecule has 28 heavy (non-hydrogen) atoms. The predicted octanol–water partition coefficient (Wildman–Crippen LogP) is 4.11. The zero-order chi connectivity index (χ0) is 20.1. The lowest BCUT2D eigenvalue weighted by Gasteiger charge is -2.11. The molecule has 0 bridgehead atoms. The van der Waals surface area contributed by atoms with Crippen LogP contribution in [0, 0.1) is 13.8 Å². The second-order valence-electron chi connectivity index (χ2n) is 6.26. The fourth-order valence-electron chi connectivity index (χ4n) is 2.62. The van der Waals surface area contributed by atoms with Gasteiger partial charge in [-0.15, -0.1) is 0 Å².